The minimum atomic E-state index is -1.62. The van der Waals surface area contributed by atoms with Crippen molar-refractivity contribution in [3.63, 3.8) is 0 Å². The van der Waals surface area contributed by atoms with E-state index >= 15 is 0 Å². The van der Waals surface area contributed by atoms with E-state index in [1.54, 1.807) is 18.4 Å². The minimum absolute atomic E-state index is 0.0928. The van der Waals surface area contributed by atoms with E-state index in [2.05, 4.69) is 39.6 Å². The second-order valence-corrected chi connectivity index (χ2v) is 14.7. The molecule has 0 aliphatic carbocycles. The summed E-state index contributed by atoms with van der Waals surface area (Å²) < 4.78 is 22.5. The van der Waals surface area contributed by atoms with Crippen LogP contribution in [-0.2, 0) is 15.6 Å². The summed E-state index contributed by atoms with van der Waals surface area (Å²) in [5.74, 6) is 0.320. The number of rotatable bonds is 14. The smallest absolute Gasteiger partial charge is 0.356 e. The van der Waals surface area contributed by atoms with E-state index in [9.17, 15) is 4.79 Å². The van der Waals surface area contributed by atoms with Gasteiger partial charge in [-0.1, -0.05) is 27.2 Å². The highest BCUT2D eigenvalue weighted by molar-refractivity contribution is 7.09. The highest BCUT2D eigenvalue weighted by Gasteiger charge is 2.35. The second-order valence-electron chi connectivity index (χ2n) is 9.02. The molecule has 0 bridgehead atoms. The van der Waals surface area contributed by atoms with E-state index in [1.165, 1.54) is 38.4 Å². The number of pyridine rings is 1. The van der Waals surface area contributed by atoms with Crippen LogP contribution in [0.15, 0.2) is 11.4 Å². The fourth-order valence-electron chi connectivity index (χ4n) is 4.21. The first-order valence-electron chi connectivity index (χ1n) is 12.0. The van der Waals surface area contributed by atoms with Gasteiger partial charge in [0.1, 0.15) is 11.4 Å². The summed E-state index contributed by atoms with van der Waals surface area (Å²) in [7, 11) is 2.78. The van der Waals surface area contributed by atoms with Gasteiger partial charge in [0.15, 0.2) is 25.5 Å². The lowest BCUT2D eigenvalue weighted by Gasteiger charge is -2.38. The summed E-state index contributed by atoms with van der Waals surface area (Å²) in [6, 6.07) is 5.03. The van der Waals surface area contributed by atoms with Gasteiger partial charge < -0.3 is 18.6 Å². The number of thiazole rings is 1. The number of hydrogen-bond acceptors (Lipinski definition) is 8. The maximum Gasteiger partial charge on any atom is 0.356 e. The number of aryl methyl sites for hydroxylation is 1. The Bertz CT molecular complexity index is 935. The van der Waals surface area contributed by atoms with Gasteiger partial charge in [-0.05, 0) is 51.2 Å². The van der Waals surface area contributed by atoms with E-state index in [4.69, 9.17) is 23.6 Å². The van der Waals surface area contributed by atoms with Crippen LogP contribution >= 0.6 is 11.3 Å². The molecular formula is C25H40N2O5SSi. The Labute approximate surface area is 209 Å². The molecule has 2 heterocycles. The van der Waals surface area contributed by atoms with Gasteiger partial charge in [0.2, 0.25) is 0 Å². The Hall–Kier alpha value is -1.97. The first-order chi connectivity index (χ1) is 16.2. The predicted octanol–water partition coefficient (Wildman–Crippen LogP) is 6.52. The largest absolute Gasteiger partial charge is 0.493 e. The number of hydrogen-bond donors (Lipinski definition) is 0. The number of nitrogens with zero attached hydrogens (tertiary/aromatic N) is 2. The minimum Gasteiger partial charge on any atom is -0.493 e. The monoisotopic (exact) mass is 508 g/mol. The van der Waals surface area contributed by atoms with Gasteiger partial charge in [-0.15, -0.1) is 11.3 Å². The topological polar surface area (TPSA) is 79.8 Å². The Balaban J connectivity index is 2.07. The molecule has 7 nitrogen and oxygen atoms in total. The van der Waals surface area contributed by atoms with E-state index in [0.717, 1.165) is 30.7 Å². The highest BCUT2D eigenvalue weighted by Crippen LogP contribution is 2.38. The van der Waals surface area contributed by atoms with Gasteiger partial charge >= 0.3 is 5.97 Å². The fourth-order valence-corrected chi connectivity index (χ4v) is 8.24. The SMILES string of the molecule is CC[Si](CC)(CC)OC(C)(C)CCCCc1nc(-c2nc(C(=O)OC)cc(OC)c2OC)cs1. The molecule has 2 aromatic rings. The molecule has 0 radical (unpaired) electrons. The molecule has 9 heteroatoms. The van der Waals surface area contributed by atoms with Crippen LogP contribution < -0.4 is 9.47 Å². The number of methoxy groups -OCH3 is 3. The molecule has 0 aliphatic heterocycles. The Morgan fingerprint density at radius 3 is 2.26 bits per heavy atom. The maximum atomic E-state index is 12.1. The van der Waals surface area contributed by atoms with Gasteiger partial charge in [0, 0.05) is 11.4 Å². The summed E-state index contributed by atoms with van der Waals surface area (Å²) >= 11 is 1.59. The fraction of sp³-hybridized carbons (Fsp3) is 0.640. The summed E-state index contributed by atoms with van der Waals surface area (Å²) in [5, 5.41) is 2.97. The zero-order valence-corrected chi connectivity index (χ0v) is 23.8. The molecule has 0 aliphatic rings. The zero-order chi connectivity index (χ0) is 25.4. The van der Waals surface area contributed by atoms with Crippen molar-refractivity contribution in [1.82, 2.24) is 9.97 Å². The van der Waals surface area contributed by atoms with Crippen LogP contribution in [0.1, 0.15) is 69.4 Å². The standard InChI is InChI=1S/C25H40N2O5SSi/c1-9-34(10-2,11-3)32-25(4,5)15-13-12-14-21-26-19(17-33-21)22-23(30-7)20(29-6)16-18(27-22)24(28)31-8/h16-17H,9-15H2,1-8H3. The number of ether oxygens (including phenoxy) is 3. The van der Waals surface area contributed by atoms with Crippen molar-refractivity contribution in [3.8, 4) is 22.9 Å². The molecule has 0 atom stereocenters. The molecule has 34 heavy (non-hydrogen) atoms. The van der Waals surface area contributed by atoms with Crippen LogP contribution in [-0.4, -0.2) is 51.2 Å². The lowest BCUT2D eigenvalue weighted by molar-refractivity contribution is 0.0593. The molecule has 2 rings (SSSR count). The average Bonchev–Trinajstić information content (AvgIpc) is 3.32. The molecule has 0 N–H and O–H groups in total. The van der Waals surface area contributed by atoms with Crippen LogP contribution in [0.5, 0.6) is 11.5 Å². The summed E-state index contributed by atoms with van der Waals surface area (Å²) in [6.07, 6.45) is 4.04. The van der Waals surface area contributed by atoms with Crippen LogP contribution in [0.3, 0.4) is 0 Å². The maximum absolute atomic E-state index is 12.1. The Morgan fingerprint density at radius 2 is 1.71 bits per heavy atom. The van der Waals surface area contributed by atoms with Crippen molar-refractivity contribution in [3.05, 3.63) is 22.1 Å². The Kier molecular flexibility index (Phi) is 10.5. The molecule has 0 unspecified atom stereocenters. The Morgan fingerprint density at radius 1 is 1.03 bits per heavy atom. The normalized spacial score (nSPS) is 12.0. The van der Waals surface area contributed by atoms with Gasteiger partial charge in [0.05, 0.1) is 31.9 Å². The number of carbonyl (C=O) groups is 1. The molecule has 2 aromatic heterocycles. The molecular weight excluding hydrogens is 468 g/mol. The van der Waals surface area contributed by atoms with Crippen molar-refractivity contribution in [2.75, 3.05) is 21.3 Å². The highest BCUT2D eigenvalue weighted by atomic mass is 32.1. The number of unbranched alkanes of at least 4 members (excludes halogenated alkanes) is 1. The van der Waals surface area contributed by atoms with Crippen molar-refractivity contribution in [2.24, 2.45) is 0 Å². The van der Waals surface area contributed by atoms with Crippen LogP contribution in [0.25, 0.3) is 11.4 Å². The molecule has 0 amide bonds. The third kappa shape index (κ3) is 7.02. The van der Waals surface area contributed by atoms with E-state index in [1.807, 2.05) is 5.38 Å². The first kappa shape index (κ1) is 28.3. The molecule has 0 spiro atoms. The molecule has 0 fully saturated rings. The van der Waals surface area contributed by atoms with E-state index < -0.39 is 14.3 Å². The van der Waals surface area contributed by atoms with Gasteiger partial charge in [-0.25, -0.2) is 14.8 Å². The lowest BCUT2D eigenvalue weighted by atomic mass is 10.0. The van der Waals surface area contributed by atoms with E-state index in [0.29, 0.717) is 22.9 Å². The van der Waals surface area contributed by atoms with Crippen LogP contribution in [0.4, 0.5) is 0 Å². The summed E-state index contributed by atoms with van der Waals surface area (Å²) in [4.78, 5) is 21.3. The lowest BCUT2D eigenvalue weighted by Crippen LogP contribution is -2.44. The predicted molar refractivity (Wildman–Crippen MR) is 140 cm³/mol. The zero-order valence-electron chi connectivity index (χ0n) is 21.9. The number of aromatic nitrogens is 2. The number of carbonyl (C=O) groups excluding carboxylic acids is 1. The third-order valence-corrected chi connectivity index (χ3v) is 12.2. The van der Waals surface area contributed by atoms with Crippen molar-refractivity contribution >= 4 is 25.6 Å². The molecule has 0 saturated heterocycles. The van der Waals surface area contributed by atoms with Crippen LogP contribution in [0.2, 0.25) is 18.1 Å². The summed E-state index contributed by atoms with van der Waals surface area (Å²) in [5.41, 5.74) is 1.19. The van der Waals surface area contributed by atoms with Crippen molar-refractivity contribution in [1.29, 1.82) is 0 Å². The third-order valence-electron chi connectivity index (χ3n) is 6.40. The number of esters is 1. The molecule has 190 valence electrons. The van der Waals surface area contributed by atoms with Gasteiger partial charge in [-0.2, -0.15) is 0 Å². The first-order valence-corrected chi connectivity index (χ1v) is 15.4. The van der Waals surface area contributed by atoms with Crippen molar-refractivity contribution in [2.45, 2.75) is 84.0 Å². The quantitative estimate of drug-likeness (QED) is 0.163. The average molecular weight is 509 g/mol. The second kappa shape index (κ2) is 12.6. The summed E-state index contributed by atoms with van der Waals surface area (Å²) in [6.45, 7) is 11.3. The van der Waals surface area contributed by atoms with Gasteiger partial charge in [0.25, 0.3) is 0 Å². The van der Waals surface area contributed by atoms with Crippen LogP contribution in [0, 0.1) is 0 Å². The molecule has 0 aromatic carbocycles. The van der Waals surface area contributed by atoms with E-state index in [-0.39, 0.29) is 11.3 Å². The van der Waals surface area contributed by atoms with Gasteiger partial charge in [-0.3, -0.25) is 0 Å². The van der Waals surface area contributed by atoms with Crippen molar-refractivity contribution < 1.29 is 23.4 Å². The molecule has 0 saturated carbocycles.